The zero-order valence-electron chi connectivity index (χ0n) is 11.3. The van der Waals surface area contributed by atoms with Crippen molar-refractivity contribution in [1.29, 1.82) is 0 Å². The molecule has 0 aliphatic heterocycles. The van der Waals surface area contributed by atoms with Crippen LogP contribution in [0.15, 0.2) is 24.5 Å². The number of aryl methyl sites for hydroxylation is 1. The van der Waals surface area contributed by atoms with Crippen molar-refractivity contribution >= 4 is 11.6 Å². The Morgan fingerprint density at radius 2 is 1.95 bits per heavy atom. The van der Waals surface area contributed by atoms with Gasteiger partial charge in [-0.3, -0.25) is 0 Å². The zero-order valence-corrected chi connectivity index (χ0v) is 12.0. The first-order valence-electron chi connectivity index (χ1n) is 5.99. The Bertz CT molecular complexity index is 564. The molecule has 2 aromatic rings. The maximum absolute atomic E-state index is 8.98. The normalized spacial score (nSPS) is 10.6. The van der Waals surface area contributed by atoms with Crippen LogP contribution >= 0.6 is 11.6 Å². The van der Waals surface area contributed by atoms with Crippen LogP contribution in [0.2, 0.25) is 5.02 Å². The Labute approximate surface area is 122 Å². The van der Waals surface area contributed by atoms with Gasteiger partial charge < -0.3 is 14.6 Å². The van der Waals surface area contributed by atoms with Crippen molar-refractivity contribution in [3.8, 4) is 17.1 Å². The van der Waals surface area contributed by atoms with Gasteiger partial charge in [0.2, 0.25) is 0 Å². The van der Waals surface area contributed by atoms with Crippen LogP contribution in [0, 0.1) is 6.92 Å². The highest BCUT2D eigenvalue weighted by Gasteiger charge is 2.11. The summed E-state index contributed by atoms with van der Waals surface area (Å²) >= 11 is 6.20. The third-order valence-electron chi connectivity index (χ3n) is 2.70. The Morgan fingerprint density at radius 3 is 2.50 bits per heavy atom. The maximum atomic E-state index is 8.98. The molecular formula is C14H15ClN2O3. The lowest BCUT2D eigenvalue weighted by Gasteiger charge is -2.11. The van der Waals surface area contributed by atoms with E-state index in [-0.39, 0.29) is 13.4 Å². The highest BCUT2D eigenvalue weighted by molar-refractivity contribution is 6.32. The van der Waals surface area contributed by atoms with Crippen molar-refractivity contribution in [2.45, 2.75) is 13.5 Å². The number of nitrogens with zero attached hydrogens (tertiary/aromatic N) is 2. The Morgan fingerprint density at radius 1 is 1.25 bits per heavy atom. The van der Waals surface area contributed by atoms with E-state index in [4.69, 9.17) is 26.2 Å². The topological polar surface area (TPSA) is 64.5 Å². The largest absolute Gasteiger partial charge is 0.466 e. The summed E-state index contributed by atoms with van der Waals surface area (Å²) in [6, 6.07) is 3.64. The number of aromatic nitrogens is 2. The minimum Gasteiger partial charge on any atom is -0.466 e. The second-order valence-electron chi connectivity index (χ2n) is 4.23. The summed E-state index contributed by atoms with van der Waals surface area (Å²) in [5, 5.41) is 9.46. The van der Waals surface area contributed by atoms with E-state index in [1.54, 1.807) is 25.6 Å². The standard InChI is InChI=1S/C14H15ClN2O3/c1-9-3-11(4-12(15)13(9)20-8-19-2)14-16-5-10(7-18)6-17-14/h3-6,18H,7-8H2,1-2H3. The van der Waals surface area contributed by atoms with Crippen LogP contribution in [-0.4, -0.2) is 29.0 Å². The molecule has 1 N–H and O–H groups in total. The van der Waals surface area contributed by atoms with Crippen LogP contribution in [0.25, 0.3) is 11.4 Å². The smallest absolute Gasteiger partial charge is 0.188 e. The van der Waals surface area contributed by atoms with Gasteiger partial charge in [-0.25, -0.2) is 9.97 Å². The molecule has 0 bridgehead atoms. The summed E-state index contributed by atoms with van der Waals surface area (Å²) in [7, 11) is 1.55. The molecule has 2 rings (SSSR count). The predicted octanol–water partition coefficient (Wildman–Crippen LogP) is 2.58. The fourth-order valence-electron chi connectivity index (χ4n) is 1.75. The molecule has 0 aliphatic rings. The van der Waals surface area contributed by atoms with E-state index in [1.807, 2.05) is 13.0 Å². The first-order chi connectivity index (χ1) is 9.65. The highest BCUT2D eigenvalue weighted by atomic mass is 35.5. The third kappa shape index (κ3) is 3.25. The van der Waals surface area contributed by atoms with Gasteiger partial charge in [0.25, 0.3) is 0 Å². The van der Waals surface area contributed by atoms with Crippen LogP contribution in [0.3, 0.4) is 0 Å². The molecule has 0 saturated carbocycles. The molecule has 1 heterocycles. The molecule has 0 unspecified atom stereocenters. The SMILES string of the molecule is COCOc1c(C)cc(-c2ncc(CO)cn2)cc1Cl. The third-order valence-corrected chi connectivity index (χ3v) is 2.98. The fraction of sp³-hybridized carbons (Fsp3) is 0.286. The number of aliphatic hydroxyl groups excluding tert-OH is 1. The van der Waals surface area contributed by atoms with Gasteiger partial charge in [-0.15, -0.1) is 0 Å². The molecule has 1 aromatic heterocycles. The highest BCUT2D eigenvalue weighted by Crippen LogP contribution is 2.32. The van der Waals surface area contributed by atoms with Crippen LogP contribution in [-0.2, 0) is 11.3 Å². The number of rotatable bonds is 5. The van der Waals surface area contributed by atoms with E-state index in [9.17, 15) is 0 Å². The molecular weight excluding hydrogens is 280 g/mol. The van der Waals surface area contributed by atoms with Gasteiger partial charge in [0.15, 0.2) is 12.6 Å². The molecule has 6 heteroatoms. The molecule has 20 heavy (non-hydrogen) atoms. The predicted molar refractivity (Wildman–Crippen MR) is 75.6 cm³/mol. The van der Waals surface area contributed by atoms with E-state index in [1.165, 1.54) is 0 Å². The number of benzene rings is 1. The van der Waals surface area contributed by atoms with E-state index in [2.05, 4.69) is 9.97 Å². The van der Waals surface area contributed by atoms with Crippen molar-refractivity contribution in [2.75, 3.05) is 13.9 Å². The average Bonchev–Trinajstić information content (AvgIpc) is 2.46. The lowest BCUT2D eigenvalue weighted by molar-refractivity contribution is 0.0507. The Hall–Kier alpha value is -1.69. The molecule has 106 valence electrons. The maximum Gasteiger partial charge on any atom is 0.188 e. The number of hydrogen-bond donors (Lipinski definition) is 1. The van der Waals surface area contributed by atoms with Gasteiger partial charge >= 0.3 is 0 Å². The second kappa shape index (κ2) is 6.65. The van der Waals surface area contributed by atoms with Crippen molar-refractivity contribution in [3.05, 3.63) is 40.7 Å². The van der Waals surface area contributed by atoms with Crippen molar-refractivity contribution < 1.29 is 14.6 Å². The summed E-state index contributed by atoms with van der Waals surface area (Å²) in [5.74, 6) is 1.13. The van der Waals surface area contributed by atoms with Gasteiger partial charge in [-0.2, -0.15) is 0 Å². The summed E-state index contributed by atoms with van der Waals surface area (Å²) in [4.78, 5) is 8.40. The molecule has 0 fully saturated rings. The van der Waals surface area contributed by atoms with E-state index >= 15 is 0 Å². The van der Waals surface area contributed by atoms with Crippen LogP contribution in [0.4, 0.5) is 0 Å². The molecule has 0 saturated heterocycles. The van der Waals surface area contributed by atoms with E-state index in [0.717, 1.165) is 11.1 Å². The van der Waals surface area contributed by atoms with Crippen LogP contribution in [0.1, 0.15) is 11.1 Å². The Balaban J connectivity index is 2.33. The van der Waals surface area contributed by atoms with E-state index in [0.29, 0.717) is 22.2 Å². The van der Waals surface area contributed by atoms with Crippen molar-refractivity contribution in [2.24, 2.45) is 0 Å². The molecule has 0 amide bonds. The molecule has 5 nitrogen and oxygen atoms in total. The number of methoxy groups -OCH3 is 1. The van der Waals surface area contributed by atoms with E-state index < -0.39 is 0 Å². The van der Waals surface area contributed by atoms with Gasteiger partial charge in [-0.1, -0.05) is 11.6 Å². The molecule has 1 aromatic carbocycles. The van der Waals surface area contributed by atoms with Gasteiger partial charge in [0, 0.05) is 30.6 Å². The molecule has 0 radical (unpaired) electrons. The second-order valence-corrected chi connectivity index (χ2v) is 4.64. The molecule has 0 atom stereocenters. The Kier molecular flexibility index (Phi) is 4.89. The minimum absolute atomic E-state index is 0.0795. The lowest BCUT2D eigenvalue weighted by atomic mass is 10.1. The van der Waals surface area contributed by atoms with Gasteiger partial charge in [0.05, 0.1) is 11.6 Å². The van der Waals surface area contributed by atoms with Crippen LogP contribution < -0.4 is 4.74 Å². The van der Waals surface area contributed by atoms with Crippen molar-refractivity contribution in [1.82, 2.24) is 9.97 Å². The number of aliphatic hydroxyl groups is 1. The number of ether oxygens (including phenoxy) is 2. The minimum atomic E-state index is -0.0795. The average molecular weight is 295 g/mol. The zero-order chi connectivity index (χ0) is 14.5. The lowest BCUT2D eigenvalue weighted by Crippen LogP contribution is -2.01. The monoisotopic (exact) mass is 294 g/mol. The first kappa shape index (κ1) is 14.7. The summed E-state index contributed by atoms with van der Waals surface area (Å²) in [5.41, 5.74) is 2.33. The summed E-state index contributed by atoms with van der Waals surface area (Å²) < 4.78 is 10.3. The molecule has 0 spiro atoms. The number of hydrogen-bond acceptors (Lipinski definition) is 5. The summed E-state index contributed by atoms with van der Waals surface area (Å²) in [6.45, 7) is 1.95. The number of halogens is 1. The van der Waals surface area contributed by atoms with Gasteiger partial charge in [-0.05, 0) is 24.6 Å². The fourth-order valence-corrected chi connectivity index (χ4v) is 2.07. The first-order valence-corrected chi connectivity index (χ1v) is 6.37. The molecule has 0 aliphatic carbocycles. The van der Waals surface area contributed by atoms with Crippen molar-refractivity contribution in [3.63, 3.8) is 0 Å². The summed E-state index contributed by atoms with van der Waals surface area (Å²) in [6.07, 6.45) is 3.17. The van der Waals surface area contributed by atoms with Gasteiger partial charge in [0.1, 0.15) is 5.75 Å². The quantitative estimate of drug-likeness (QED) is 0.859. The van der Waals surface area contributed by atoms with Crippen LogP contribution in [0.5, 0.6) is 5.75 Å².